The number of rotatable bonds is 6. The van der Waals surface area contributed by atoms with E-state index >= 15 is 0 Å². The molecule has 2 atom stereocenters. The van der Waals surface area contributed by atoms with Crippen molar-refractivity contribution in [3.05, 3.63) is 35.9 Å². The highest BCUT2D eigenvalue weighted by atomic mass is 16.5. The van der Waals surface area contributed by atoms with Crippen LogP contribution < -0.4 is 5.32 Å². The number of ether oxygens (including phenoxy) is 1. The van der Waals surface area contributed by atoms with Gasteiger partial charge in [0.05, 0.1) is 18.2 Å². The van der Waals surface area contributed by atoms with Crippen molar-refractivity contribution < 1.29 is 4.74 Å². The van der Waals surface area contributed by atoms with Crippen molar-refractivity contribution in [2.24, 2.45) is 0 Å². The molecule has 2 nitrogen and oxygen atoms in total. The predicted octanol–water partition coefficient (Wildman–Crippen LogP) is 3.29. The molecular formula is C15H23NO. The van der Waals surface area contributed by atoms with Crippen LogP contribution in [-0.2, 0) is 4.74 Å². The maximum atomic E-state index is 6.18. The summed E-state index contributed by atoms with van der Waals surface area (Å²) in [7, 11) is 2.02. The predicted molar refractivity (Wildman–Crippen MR) is 71.0 cm³/mol. The van der Waals surface area contributed by atoms with Gasteiger partial charge in [0.2, 0.25) is 0 Å². The normalized spacial score (nSPS) is 19.6. The molecule has 1 aromatic carbocycles. The van der Waals surface area contributed by atoms with E-state index in [1.807, 2.05) is 7.05 Å². The van der Waals surface area contributed by atoms with Gasteiger partial charge in [0.1, 0.15) is 0 Å². The Bertz CT molecular complexity index is 321. The molecule has 0 bridgehead atoms. The highest BCUT2D eigenvalue weighted by Crippen LogP contribution is 2.29. The Morgan fingerprint density at radius 1 is 1.29 bits per heavy atom. The topological polar surface area (TPSA) is 21.3 Å². The Hall–Kier alpha value is -0.860. The molecule has 94 valence electrons. The maximum absolute atomic E-state index is 6.18. The minimum Gasteiger partial charge on any atom is -0.373 e. The van der Waals surface area contributed by atoms with E-state index in [1.165, 1.54) is 24.8 Å². The zero-order valence-corrected chi connectivity index (χ0v) is 10.9. The smallest absolute Gasteiger partial charge is 0.0770 e. The van der Waals surface area contributed by atoms with Gasteiger partial charge in [0.15, 0.2) is 0 Å². The van der Waals surface area contributed by atoms with Gasteiger partial charge in [0, 0.05) is 0 Å². The summed E-state index contributed by atoms with van der Waals surface area (Å²) in [6.07, 6.45) is 5.64. The Morgan fingerprint density at radius 2 is 2.00 bits per heavy atom. The molecule has 2 unspecified atom stereocenters. The van der Waals surface area contributed by atoms with Crippen LogP contribution in [-0.4, -0.2) is 19.3 Å². The van der Waals surface area contributed by atoms with E-state index in [0.717, 1.165) is 6.42 Å². The molecule has 1 aliphatic carbocycles. The third-order valence-electron chi connectivity index (χ3n) is 3.66. The van der Waals surface area contributed by atoms with Crippen LogP contribution in [0.1, 0.15) is 44.2 Å². The first-order chi connectivity index (χ1) is 8.35. The fraction of sp³-hybridized carbons (Fsp3) is 0.600. The number of hydrogen-bond acceptors (Lipinski definition) is 2. The van der Waals surface area contributed by atoms with Crippen molar-refractivity contribution in [1.82, 2.24) is 5.32 Å². The molecule has 0 radical (unpaired) electrons. The molecule has 0 heterocycles. The molecule has 0 saturated heterocycles. The Kier molecular flexibility index (Phi) is 4.57. The molecule has 0 amide bonds. The molecule has 1 aliphatic rings. The summed E-state index contributed by atoms with van der Waals surface area (Å²) in [5, 5.41) is 3.40. The molecule has 17 heavy (non-hydrogen) atoms. The molecule has 1 N–H and O–H groups in total. The molecule has 0 aromatic heterocycles. The Labute approximate surface area is 104 Å². The van der Waals surface area contributed by atoms with Crippen LogP contribution in [0.15, 0.2) is 30.3 Å². The lowest BCUT2D eigenvalue weighted by Crippen LogP contribution is -2.36. The molecular weight excluding hydrogens is 210 g/mol. The lowest BCUT2D eigenvalue weighted by Gasteiger charge is -2.34. The summed E-state index contributed by atoms with van der Waals surface area (Å²) in [4.78, 5) is 0. The summed E-state index contributed by atoms with van der Waals surface area (Å²) in [6.45, 7) is 2.20. The van der Waals surface area contributed by atoms with Crippen LogP contribution in [0.3, 0.4) is 0 Å². The van der Waals surface area contributed by atoms with E-state index in [2.05, 4.69) is 42.6 Å². The van der Waals surface area contributed by atoms with Crippen molar-refractivity contribution in [2.45, 2.75) is 50.9 Å². The number of benzene rings is 1. The summed E-state index contributed by atoms with van der Waals surface area (Å²) in [5.41, 5.74) is 1.32. The fourth-order valence-electron chi connectivity index (χ4n) is 2.39. The second kappa shape index (κ2) is 6.18. The standard InChI is InChI=1S/C15H23NO/c1-3-14(17-13-10-7-11-13)15(16-2)12-8-5-4-6-9-12/h4-6,8-9,13-16H,3,7,10-11H2,1-2H3. The largest absolute Gasteiger partial charge is 0.373 e. The second-order valence-corrected chi connectivity index (χ2v) is 4.81. The zero-order valence-electron chi connectivity index (χ0n) is 10.9. The zero-order chi connectivity index (χ0) is 12.1. The number of nitrogens with one attached hydrogen (secondary N) is 1. The average molecular weight is 233 g/mol. The quantitative estimate of drug-likeness (QED) is 0.814. The van der Waals surface area contributed by atoms with Crippen molar-refractivity contribution in [1.29, 1.82) is 0 Å². The van der Waals surface area contributed by atoms with E-state index in [1.54, 1.807) is 0 Å². The molecule has 1 saturated carbocycles. The van der Waals surface area contributed by atoms with E-state index in [-0.39, 0.29) is 6.10 Å². The van der Waals surface area contributed by atoms with Gasteiger partial charge < -0.3 is 10.1 Å². The van der Waals surface area contributed by atoms with Gasteiger partial charge in [-0.15, -0.1) is 0 Å². The van der Waals surface area contributed by atoms with E-state index in [0.29, 0.717) is 12.1 Å². The molecule has 2 heteroatoms. The SMILES string of the molecule is CCC(OC1CCC1)C(NC)c1ccccc1. The van der Waals surface area contributed by atoms with E-state index in [4.69, 9.17) is 4.74 Å². The van der Waals surface area contributed by atoms with Crippen LogP contribution in [0.4, 0.5) is 0 Å². The minimum atomic E-state index is 0.285. The highest BCUT2D eigenvalue weighted by Gasteiger charge is 2.27. The lowest BCUT2D eigenvalue weighted by molar-refractivity contribution is -0.0672. The third kappa shape index (κ3) is 3.08. The van der Waals surface area contributed by atoms with Crippen LogP contribution in [0.2, 0.25) is 0 Å². The summed E-state index contributed by atoms with van der Waals surface area (Å²) in [6, 6.07) is 10.9. The average Bonchev–Trinajstić information content (AvgIpc) is 2.33. The number of likely N-dealkylation sites (N-methyl/N-ethyl adjacent to an activating group) is 1. The highest BCUT2D eigenvalue weighted by molar-refractivity contribution is 5.20. The van der Waals surface area contributed by atoms with Gasteiger partial charge in [-0.3, -0.25) is 0 Å². The van der Waals surface area contributed by atoms with Crippen molar-refractivity contribution in [3.8, 4) is 0 Å². The summed E-state index contributed by atoms with van der Waals surface area (Å²) < 4.78 is 6.18. The Morgan fingerprint density at radius 3 is 2.47 bits per heavy atom. The van der Waals surface area contributed by atoms with Crippen molar-refractivity contribution in [3.63, 3.8) is 0 Å². The van der Waals surface area contributed by atoms with Crippen LogP contribution in [0.5, 0.6) is 0 Å². The van der Waals surface area contributed by atoms with Gasteiger partial charge >= 0.3 is 0 Å². The first-order valence-corrected chi connectivity index (χ1v) is 6.72. The van der Waals surface area contributed by atoms with Crippen molar-refractivity contribution >= 4 is 0 Å². The molecule has 0 spiro atoms. The Balaban J connectivity index is 2.03. The van der Waals surface area contributed by atoms with Gasteiger partial charge in [-0.05, 0) is 38.3 Å². The van der Waals surface area contributed by atoms with Crippen molar-refractivity contribution in [2.75, 3.05) is 7.05 Å². The molecule has 2 rings (SSSR count). The van der Waals surface area contributed by atoms with E-state index in [9.17, 15) is 0 Å². The lowest BCUT2D eigenvalue weighted by atomic mass is 9.94. The molecule has 0 aliphatic heterocycles. The monoisotopic (exact) mass is 233 g/mol. The second-order valence-electron chi connectivity index (χ2n) is 4.81. The van der Waals surface area contributed by atoms with Crippen LogP contribution in [0.25, 0.3) is 0 Å². The van der Waals surface area contributed by atoms with Gasteiger partial charge in [-0.1, -0.05) is 37.3 Å². The van der Waals surface area contributed by atoms with Crippen LogP contribution >= 0.6 is 0 Å². The first-order valence-electron chi connectivity index (χ1n) is 6.72. The molecule has 1 fully saturated rings. The summed E-state index contributed by atoms with van der Waals surface area (Å²) in [5.74, 6) is 0. The van der Waals surface area contributed by atoms with Crippen LogP contribution in [0, 0.1) is 0 Å². The third-order valence-corrected chi connectivity index (χ3v) is 3.66. The van der Waals surface area contributed by atoms with Gasteiger partial charge in [-0.25, -0.2) is 0 Å². The fourth-order valence-corrected chi connectivity index (χ4v) is 2.39. The molecule has 1 aromatic rings. The first kappa shape index (κ1) is 12.6. The minimum absolute atomic E-state index is 0.285. The van der Waals surface area contributed by atoms with Gasteiger partial charge in [-0.2, -0.15) is 0 Å². The number of hydrogen-bond donors (Lipinski definition) is 1. The maximum Gasteiger partial charge on any atom is 0.0770 e. The summed E-state index contributed by atoms with van der Waals surface area (Å²) >= 11 is 0. The van der Waals surface area contributed by atoms with Gasteiger partial charge in [0.25, 0.3) is 0 Å². The van der Waals surface area contributed by atoms with E-state index < -0.39 is 0 Å².